The van der Waals surface area contributed by atoms with Gasteiger partial charge in [-0.25, -0.2) is 0 Å². The molecule has 1 aromatic heterocycles. The van der Waals surface area contributed by atoms with Crippen LogP contribution in [-0.2, 0) is 13.1 Å². The van der Waals surface area contributed by atoms with Crippen LogP contribution < -0.4 is 17.0 Å². The SMILES string of the molecule is C/C(NN)=C(/N)c1cc2n(n1)CCCN(C)C2.CC.CC. The first-order chi connectivity index (χ1) is 10.1. The van der Waals surface area contributed by atoms with Crippen LogP contribution in [0.2, 0.25) is 0 Å². The average Bonchev–Trinajstić information content (AvgIpc) is 2.84. The Morgan fingerprint density at radius 1 is 1.24 bits per heavy atom. The van der Waals surface area contributed by atoms with Gasteiger partial charge in [-0.3, -0.25) is 10.5 Å². The van der Waals surface area contributed by atoms with Crippen molar-refractivity contribution in [3.63, 3.8) is 0 Å². The van der Waals surface area contributed by atoms with Crippen molar-refractivity contribution in [2.24, 2.45) is 11.6 Å². The molecule has 122 valence electrons. The Morgan fingerprint density at radius 2 is 1.86 bits per heavy atom. The van der Waals surface area contributed by atoms with Crippen LogP contribution in [0.25, 0.3) is 5.70 Å². The van der Waals surface area contributed by atoms with E-state index in [1.54, 1.807) is 0 Å². The Balaban J connectivity index is 0.000000921. The average molecular weight is 296 g/mol. The molecule has 2 rings (SSSR count). The summed E-state index contributed by atoms with van der Waals surface area (Å²) in [5, 5.41) is 4.53. The second-order valence-electron chi connectivity index (χ2n) is 4.52. The monoisotopic (exact) mass is 296 g/mol. The first kappa shape index (κ1) is 19.5. The molecule has 1 aliphatic heterocycles. The third-order valence-electron chi connectivity index (χ3n) is 3.10. The summed E-state index contributed by atoms with van der Waals surface area (Å²) in [5.74, 6) is 5.35. The summed E-state index contributed by atoms with van der Waals surface area (Å²) in [6, 6.07) is 2.04. The van der Waals surface area contributed by atoms with Gasteiger partial charge < -0.3 is 16.1 Å². The van der Waals surface area contributed by atoms with E-state index in [9.17, 15) is 0 Å². The minimum absolute atomic E-state index is 0.607. The molecule has 0 amide bonds. The number of aryl methyl sites for hydroxylation is 1. The molecule has 21 heavy (non-hydrogen) atoms. The van der Waals surface area contributed by atoms with E-state index in [0.717, 1.165) is 37.4 Å². The van der Waals surface area contributed by atoms with E-state index >= 15 is 0 Å². The largest absolute Gasteiger partial charge is 0.395 e. The van der Waals surface area contributed by atoms with E-state index in [0.29, 0.717) is 5.70 Å². The molecule has 0 radical (unpaired) electrons. The lowest BCUT2D eigenvalue weighted by atomic mass is 10.2. The molecule has 0 atom stereocenters. The van der Waals surface area contributed by atoms with Crippen LogP contribution in [0, 0.1) is 0 Å². The number of nitrogens with two attached hydrogens (primary N) is 2. The predicted octanol–water partition coefficient (Wildman–Crippen LogP) is 1.88. The Kier molecular flexibility index (Phi) is 9.49. The smallest absolute Gasteiger partial charge is 0.110 e. The predicted molar refractivity (Wildman–Crippen MR) is 90.0 cm³/mol. The Hall–Kier alpha value is -1.53. The molecule has 1 aromatic rings. The lowest BCUT2D eigenvalue weighted by Crippen LogP contribution is -2.22. The van der Waals surface area contributed by atoms with Crippen molar-refractivity contribution in [3.8, 4) is 0 Å². The molecule has 0 unspecified atom stereocenters. The fraction of sp³-hybridized carbons (Fsp3) is 0.667. The molecular weight excluding hydrogens is 264 g/mol. The number of nitrogens with one attached hydrogen (secondary N) is 1. The molecule has 0 saturated heterocycles. The van der Waals surface area contributed by atoms with E-state index in [-0.39, 0.29) is 0 Å². The molecule has 0 aromatic carbocycles. The highest BCUT2D eigenvalue weighted by atomic mass is 15.3. The second kappa shape index (κ2) is 10.2. The maximum absolute atomic E-state index is 5.98. The molecule has 0 aliphatic carbocycles. The van der Waals surface area contributed by atoms with Crippen molar-refractivity contribution in [2.45, 2.75) is 54.1 Å². The molecule has 5 N–H and O–H groups in total. The molecule has 0 spiro atoms. The number of fused-ring (bicyclic) bond motifs is 1. The Morgan fingerprint density at radius 3 is 2.43 bits per heavy atom. The van der Waals surface area contributed by atoms with Crippen LogP contribution in [0.15, 0.2) is 11.8 Å². The zero-order valence-corrected chi connectivity index (χ0v) is 14.4. The topological polar surface area (TPSA) is 85.1 Å². The van der Waals surface area contributed by atoms with Crippen molar-refractivity contribution >= 4 is 5.70 Å². The second-order valence-corrected chi connectivity index (χ2v) is 4.52. The summed E-state index contributed by atoms with van der Waals surface area (Å²) in [6.45, 7) is 12.8. The van der Waals surface area contributed by atoms with Crippen LogP contribution in [0.3, 0.4) is 0 Å². The number of nitrogens with zero attached hydrogens (tertiary/aromatic N) is 3. The van der Waals surface area contributed by atoms with Gasteiger partial charge in [0, 0.05) is 25.3 Å². The molecule has 0 bridgehead atoms. The fourth-order valence-corrected chi connectivity index (χ4v) is 2.02. The summed E-state index contributed by atoms with van der Waals surface area (Å²) in [5.41, 5.74) is 11.9. The van der Waals surface area contributed by atoms with Crippen molar-refractivity contribution in [3.05, 3.63) is 23.2 Å². The molecule has 1 aliphatic rings. The molecule has 0 saturated carbocycles. The van der Waals surface area contributed by atoms with Gasteiger partial charge in [-0.2, -0.15) is 5.10 Å². The maximum atomic E-state index is 5.98. The van der Waals surface area contributed by atoms with Gasteiger partial charge in [0.2, 0.25) is 0 Å². The molecule has 2 heterocycles. The summed E-state index contributed by atoms with van der Waals surface area (Å²) < 4.78 is 2.04. The lowest BCUT2D eigenvalue weighted by molar-refractivity contribution is 0.332. The molecule has 6 heteroatoms. The van der Waals surface area contributed by atoms with Crippen LogP contribution in [0.1, 0.15) is 52.4 Å². The first-order valence-electron chi connectivity index (χ1n) is 7.80. The highest BCUT2D eigenvalue weighted by Gasteiger charge is 2.15. The summed E-state index contributed by atoms with van der Waals surface area (Å²) in [7, 11) is 2.12. The van der Waals surface area contributed by atoms with Crippen LogP contribution in [0.4, 0.5) is 0 Å². The van der Waals surface area contributed by atoms with Gasteiger partial charge in [0.25, 0.3) is 0 Å². The Bertz CT molecular complexity index is 435. The van der Waals surface area contributed by atoms with E-state index in [1.807, 2.05) is 45.4 Å². The van der Waals surface area contributed by atoms with Crippen LogP contribution >= 0.6 is 0 Å². The van der Waals surface area contributed by atoms with Gasteiger partial charge in [0.15, 0.2) is 0 Å². The zero-order chi connectivity index (χ0) is 16.4. The summed E-state index contributed by atoms with van der Waals surface area (Å²) in [4.78, 5) is 2.29. The van der Waals surface area contributed by atoms with Crippen LogP contribution in [0.5, 0.6) is 0 Å². The van der Waals surface area contributed by atoms with Gasteiger partial charge in [-0.15, -0.1) is 0 Å². The standard InChI is InChI=1S/C11H20N6.2C2H6/c1-8(14-13)11(12)10-6-9-7-16(2)4-3-5-17(9)15-10;2*1-2/h6,14H,3-5,7,12-13H2,1-2H3;2*1-2H3/b11-8-;;. The van der Waals surface area contributed by atoms with Crippen molar-refractivity contribution < 1.29 is 0 Å². The van der Waals surface area contributed by atoms with Gasteiger partial charge >= 0.3 is 0 Å². The number of rotatable bonds is 2. The number of allylic oxidation sites excluding steroid dienone is 1. The van der Waals surface area contributed by atoms with Gasteiger partial charge in [-0.1, -0.05) is 27.7 Å². The number of hydrazine groups is 1. The molecule has 0 fully saturated rings. The summed E-state index contributed by atoms with van der Waals surface area (Å²) in [6.07, 6.45) is 1.11. The van der Waals surface area contributed by atoms with E-state index < -0.39 is 0 Å². The summed E-state index contributed by atoms with van der Waals surface area (Å²) >= 11 is 0. The molecule has 6 nitrogen and oxygen atoms in total. The zero-order valence-electron chi connectivity index (χ0n) is 14.4. The van der Waals surface area contributed by atoms with Gasteiger partial charge in [0.05, 0.1) is 11.4 Å². The first-order valence-corrected chi connectivity index (χ1v) is 7.80. The number of aromatic nitrogens is 2. The van der Waals surface area contributed by atoms with Gasteiger partial charge in [0.1, 0.15) is 5.69 Å². The van der Waals surface area contributed by atoms with Crippen molar-refractivity contribution in [1.82, 2.24) is 20.1 Å². The molecular formula is C15H32N6. The maximum Gasteiger partial charge on any atom is 0.110 e. The van der Waals surface area contributed by atoms with Crippen LogP contribution in [-0.4, -0.2) is 28.3 Å². The van der Waals surface area contributed by atoms with Crippen molar-refractivity contribution in [1.29, 1.82) is 0 Å². The normalized spacial score (nSPS) is 15.4. The number of hydrogen-bond acceptors (Lipinski definition) is 5. The van der Waals surface area contributed by atoms with E-state index in [4.69, 9.17) is 11.6 Å². The Labute approximate surface area is 129 Å². The highest BCUT2D eigenvalue weighted by molar-refractivity contribution is 5.62. The van der Waals surface area contributed by atoms with Crippen molar-refractivity contribution in [2.75, 3.05) is 13.6 Å². The number of hydrogen-bond donors (Lipinski definition) is 3. The highest BCUT2D eigenvalue weighted by Crippen LogP contribution is 2.16. The quantitative estimate of drug-likeness (QED) is 0.573. The minimum atomic E-state index is 0.607. The lowest BCUT2D eigenvalue weighted by Gasteiger charge is -2.10. The third kappa shape index (κ3) is 5.40. The minimum Gasteiger partial charge on any atom is -0.395 e. The van der Waals surface area contributed by atoms with Gasteiger partial charge in [-0.05, 0) is 26.5 Å². The fourth-order valence-electron chi connectivity index (χ4n) is 2.02. The third-order valence-corrected chi connectivity index (χ3v) is 3.10. The van der Waals surface area contributed by atoms with E-state index in [1.165, 1.54) is 5.69 Å². The van der Waals surface area contributed by atoms with E-state index in [2.05, 4.69) is 22.5 Å².